The van der Waals surface area contributed by atoms with Gasteiger partial charge in [-0.15, -0.1) is 0 Å². The van der Waals surface area contributed by atoms with Crippen molar-refractivity contribution in [3.8, 4) is 0 Å². The van der Waals surface area contributed by atoms with Crippen LogP contribution in [0.5, 0.6) is 0 Å². The lowest BCUT2D eigenvalue weighted by atomic mass is 9.98. The van der Waals surface area contributed by atoms with Crippen LogP contribution in [0.2, 0.25) is 0 Å². The fourth-order valence-corrected chi connectivity index (χ4v) is 1.20. The second-order valence-electron chi connectivity index (χ2n) is 3.59. The van der Waals surface area contributed by atoms with E-state index in [1.165, 1.54) is 19.3 Å². The highest BCUT2D eigenvalue weighted by molar-refractivity contribution is 5.80. The summed E-state index contributed by atoms with van der Waals surface area (Å²) < 4.78 is 0. The van der Waals surface area contributed by atoms with Crippen LogP contribution in [0.25, 0.3) is 0 Å². The van der Waals surface area contributed by atoms with E-state index >= 15 is 0 Å². The van der Waals surface area contributed by atoms with Crippen LogP contribution in [0.4, 0.5) is 0 Å². The van der Waals surface area contributed by atoms with Crippen LogP contribution in [0, 0.1) is 5.92 Å². The molecule has 0 fully saturated rings. The van der Waals surface area contributed by atoms with E-state index in [0.717, 1.165) is 19.3 Å². The van der Waals surface area contributed by atoms with Crippen molar-refractivity contribution in [2.45, 2.75) is 59.3 Å². The summed E-state index contributed by atoms with van der Waals surface area (Å²) in [4.78, 5) is 11.3. The maximum Gasteiger partial charge on any atom is 0.135 e. The number of unbranched alkanes of at least 4 members (excludes halogenated alkanes) is 3. The van der Waals surface area contributed by atoms with Crippen molar-refractivity contribution in [3.05, 3.63) is 0 Å². The van der Waals surface area contributed by atoms with Crippen LogP contribution in [0.15, 0.2) is 0 Å². The molecule has 0 saturated carbocycles. The molecule has 0 N–H and O–H groups in total. The van der Waals surface area contributed by atoms with Crippen LogP contribution >= 0.6 is 0 Å². The highest BCUT2D eigenvalue weighted by atomic mass is 16.1. The predicted molar refractivity (Wildman–Crippen MR) is 53.2 cm³/mol. The number of ketones is 1. The van der Waals surface area contributed by atoms with E-state index in [1.54, 1.807) is 0 Å². The Hall–Kier alpha value is -0.330. The molecule has 0 saturated heterocycles. The Morgan fingerprint density at radius 2 is 1.83 bits per heavy atom. The summed E-state index contributed by atoms with van der Waals surface area (Å²) in [5.41, 5.74) is 0. The van der Waals surface area contributed by atoms with Gasteiger partial charge < -0.3 is 0 Å². The minimum Gasteiger partial charge on any atom is -0.299 e. The monoisotopic (exact) mass is 170 g/mol. The van der Waals surface area contributed by atoms with Crippen molar-refractivity contribution in [3.63, 3.8) is 0 Å². The third-order valence-corrected chi connectivity index (χ3v) is 2.44. The number of carbonyl (C=O) groups excluding carboxylic acids is 1. The molecule has 0 spiro atoms. The third-order valence-electron chi connectivity index (χ3n) is 2.44. The van der Waals surface area contributed by atoms with Crippen molar-refractivity contribution < 1.29 is 4.79 Å². The topological polar surface area (TPSA) is 17.1 Å². The van der Waals surface area contributed by atoms with Gasteiger partial charge in [0.15, 0.2) is 0 Å². The second kappa shape index (κ2) is 7.33. The molecule has 0 aromatic heterocycles. The van der Waals surface area contributed by atoms with Crippen LogP contribution in [-0.4, -0.2) is 5.78 Å². The standard InChI is InChI=1S/C11H22O/c1-4-6-7-8-9-11(12)10(3)5-2/h10H,4-9H2,1-3H3. The van der Waals surface area contributed by atoms with Crippen LogP contribution in [0.1, 0.15) is 59.3 Å². The van der Waals surface area contributed by atoms with Gasteiger partial charge in [-0.2, -0.15) is 0 Å². The highest BCUT2D eigenvalue weighted by Crippen LogP contribution is 2.09. The summed E-state index contributed by atoms with van der Waals surface area (Å²) in [6.45, 7) is 6.30. The summed E-state index contributed by atoms with van der Waals surface area (Å²) in [7, 11) is 0. The maximum atomic E-state index is 11.3. The molecule has 0 aromatic carbocycles. The summed E-state index contributed by atoms with van der Waals surface area (Å²) in [5.74, 6) is 0.736. The zero-order valence-corrected chi connectivity index (χ0v) is 8.73. The Labute approximate surface area is 76.6 Å². The van der Waals surface area contributed by atoms with Crippen molar-refractivity contribution in [1.29, 1.82) is 0 Å². The summed E-state index contributed by atoms with van der Waals surface area (Å²) in [6.07, 6.45) is 6.63. The summed E-state index contributed by atoms with van der Waals surface area (Å²) in [5, 5.41) is 0. The van der Waals surface area contributed by atoms with Gasteiger partial charge in [0, 0.05) is 12.3 Å². The number of Topliss-reactive ketones (excluding diaryl/α,β-unsaturated/α-hetero) is 1. The lowest BCUT2D eigenvalue weighted by Gasteiger charge is -2.06. The second-order valence-corrected chi connectivity index (χ2v) is 3.59. The molecule has 1 nitrogen and oxygen atoms in total. The fourth-order valence-electron chi connectivity index (χ4n) is 1.20. The van der Waals surface area contributed by atoms with E-state index in [2.05, 4.69) is 13.8 Å². The van der Waals surface area contributed by atoms with Gasteiger partial charge in [0.05, 0.1) is 0 Å². The van der Waals surface area contributed by atoms with Gasteiger partial charge in [-0.3, -0.25) is 4.79 Å². The first-order chi connectivity index (χ1) is 5.72. The SMILES string of the molecule is CCCCCCC(=O)C(C)CC. The van der Waals surface area contributed by atoms with Crippen molar-refractivity contribution in [2.24, 2.45) is 5.92 Å². The van der Waals surface area contributed by atoms with Gasteiger partial charge in [0.1, 0.15) is 5.78 Å². The molecule has 0 radical (unpaired) electrons. The van der Waals surface area contributed by atoms with Gasteiger partial charge in [0.2, 0.25) is 0 Å². The molecule has 0 aliphatic carbocycles. The molecular formula is C11H22O. The van der Waals surface area contributed by atoms with E-state index in [1.807, 2.05) is 6.92 Å². The average Bonchev–Trinajstić information content (AvgIpc) is 2.10. The smallest absolute Gasteiger partial charge is 0.135 e. The molecular weight excluding hydrogens is 148 g/mol. The molecule has 0 aliphatic rings. The number of rotatable bonds is 7. The van der Waals surface area contributed by atoms with Crippen molar-refractivity contribution in [2.75, 3.05) is 0 Å². The van der Waals surface area contributed by atoms with Crippen LogP contribution in [0.3, 0.4) is 0 Å². The number of hydrogen-bond acceptors (Lipinski definition) is 1. The van der Waals surface area contributed by atoms with Gasteiger partial charge in [-0.1, -0.05) is 40.0 Å². The predicted octanol–water partition coefficient (Wildman–Crippen LogP) is 3.57. The molecule has 1 atom stereocenters. The molecule has 0 rings (SSSR count). The molecule has 0 heterocycles. The van der Waals surface area contributed by atoms with Crippen LogP contribution < -0.4 is 0 Å². The van der Waals surface area contributed by atoms with Gasteiger partial charge in [-0.05, 0) is 12.8 Å². The Morgan fingerprint density at radius 3 is 2.33 bits per heavy atom. The first kappa shape index (κ1) is 11.7. The Kier molecular flexibility index (Phi) is 7.12. The molecule has 0 amide bonds. The summed E-state index contributed by atoms with van der Waals surface area (Å²) >= 11 is 0. The lowest BCUT2D eigenvalue weighted by Crippen LogP contribution is -2.09. The normalized spacial score (nSPS) is 12.9. The third kappa shape index (κ3) is 5.34. The molecule has 0 aromatic rings. The van der Waals surface area contributed by atoms with E-state index < -0.39 is 0 Å². The molecule has 0 aliphatic heterocycles. The quantitative estimate of drug-likeness (QED) is 0.534. The zero-order chi connectivity index (χ0) is 9.40. The van der Waals surface area contributed by atoms with Gasteiger partial charge in [-0.25, -0.2) is 0 Å². The Bertz CT molecular complexity index is 118. The van der Waals surface area contributed by atoms with Crippen LogP contribution in [-0.2, 0) is 4.79 Å². The first-order valence-corrected chi connectivity index (χ1v) is 5.25. The molecule has 1 unspecified atom stereocenters. The average molecular weight is 170 g/mol. The molecule has 12 heavy (non-hydrogen) atoms. The minimum absolute atomic E-state index is 0.284. The van der Waals surface area contributed by atoms with E-state index in [9.17, 15) is 4.79 Å². The van der Waals surface area contributed by atoms with E-state index in [0.29, 0.717) is 5.78 Å². The summed E-state index contributed by atoms with van der Waals surface area (Å²) in [6, 6.07) is 0. The van der Waals surface area contributed by atoms with Crippen molar-refractivity contribution in [1.82, 2.24) is 0 Å². The molecule has 72 valence electrons. The van der Waals surface area contributed by atoms with Gasteiger partial charge in [0.25, 0.3) is 0 Å². The Balaban J connectivity index is 3.31. The zero-order valence-electron chi connectivity index (χ0n) is 8.73. The highest BCUT2D eigenvalue weighted by Gasteiger charge is 2.08. The minimum atomic E-state index is 0.284. The largest absolute Gasteiger partial charge is 0.299 e. The molecule has 0 bridgehead atoms. The molecule has 1 heteroatoms. The first-order valence-electron chi connectivity index (χ1n) is 5.25. The lowest BCUT2D eigenvalue weighted by molar-refractivity contribution is -0.122. The maximum absolute atomic E-state index is 11.3. The number of carbonyl (C=O) groups is 1. The fraction of sp³-hybridized carbons (Fsp3) is 0.909. The number of hydrogen-bond donors (Lipinski definition) is 0. The van der Waals surface area contributed by atoms with Gasteiger partial charge >= 0.3 is 0 Å². The van der Waals surface area contributed by atoms with Crippen molar-refractivity contribution >= 4 is 5.78 Å². The van der Waals surface area contributed by atoms with E-state index in [-0.39, 0.29) is 5.92 Å². The Morgan fingerprint density at radius 1 is 1.17 bits per heavy atom. The van der Waals surface area contributed by atoms with E-state index in [4.69, 9.17) is 0 Å².